The number of fused-ring (bicyclic) bond motifs is 1. The molecular formula is C9H8FN5. The summed E-state index contributed by atoms with van der Waals surface area (Å²) in [6, 6.07) is 0. The molecule has 2 rings (SSSR count). The molecular weight excluding hydrogens is 197 g/mol. The van der Waals surface area contributed by atoms with Crippen molar-refractivity contribution < 1.29 is 4.39 Å². The summed E-state index contributed by atoms with van der Waals surface area (Å²) in [6.07, 6.45) is 7.75. The Bertz CT molecular complexity index is 528. The first-order chi connectivity index (χ1) is 7.33. The van der Waals surface area contributed by atoms with Crippen LogP contribution in [0.2, 0.25) is 0 Å². The molecule has 0 amide bonds. The van der Waals surface area contributed by atoms with Crippen LogP contribution in [0.15, 0.2) is 31.1 Å². The average molecular weight is 205 g/mol. The summed E-state index contributed by atoms with van der Waals surface area (Å²) in [5.41, 5.74) is 6.72. The predicted octanol–water partition coefficient (Wildman–Crippen LogP) is 1.36. The zero-order valence-corrected chi connectivity index (χ0v) is 7.71. The highest BCUT2D eigenvalue weighted by molar-refractivity contribution is 5.82. The summed E-state index contributed by atoms with van der Waals surface area (Å²) in [6.45, 7) is 0. The van der Waals surface area contributed by atoms with Gasteiger partial charge in [-0.2, -0.15) is 0 Å². The van der Waals surface area contributed by atoms with Crippen LogP contribution in [0.1, 0.15) is 0 Å². The van der Waals surface area contributed by atoms with Gasteiger partial charge in [-0.05, 0) is 12.2 Å². The number of nitrogens with two attached hydrogens (primary N) is 1. The molecule has 6 heteroatoms. The van der Waals surface area contributed by atoms with E-state index in [4.69, 9.17) is 5.73 Å². The fraction of sp³-hybridized carbons (Fsp3) is 0. The van der Waals surface area contributed by atoms with E-state index in [1.54, 1.807) is 10.8 Å². The van der Waals surface area contributed by atoms with Gasteiger partial charge in [0, 0.05) is 6.20 Å². The predicted molar refractivity (Wildman–Crippen MR) is 55.3 cm³/mol. The lowest BCUT2D eigenvalue weighted by Gasteiger charge is -1.94. The third-order valence-electron chi connectivity index (χ3n) is 1.82. The third-order valence-corrected chi connectivity index (χ3v) is 1.82. The second kappa shape index (κ2) is 3.87. The largest absolute Gasteiger partial charge is 0.382 e. The van der Waals surface area contributed by atoms with Crippen molar-refractivity contribution in [3.8, 4) is 0 Å². The van der Waals surface area contributed by atoms with Crippen molar-refractivity contribution in [3.63, 3.8) is 0 Å². The molecule has 0 unspecified atom stereocenters. The molecule has 0 aliphatic rings. The van der Waals surface area contributed by atoms with Crippen LogP contribution in [0.5, 0.6) is 0 Å². The minimum Gasteiger partial charge on any atom is -0.382 e. The topological polar surface area (TPSA) is 69.6 Å². The number of rotatable bonds is 2. The molecule has 0 aromatic carbocycles. The van der Waals surface area contributed by atoms with E-state index in [1.807, 2.05) is 0 Å². The molecule has 0 spiro atoms. The Morgan fingerprint density at radius 2 is 2.13 bits per heavy atom. The third kappa shape index (κ3) is 1.69. The van der Waals surface area contributed by atoms with E-state index >= 15 is 0 Å². The second-order valence-corrected chi connectivity index (χ2v) is 2.74. The van der Waals surface area contributed by atoms with Gasteiger partial charge in [0.2, 0.25) is 0 Å². The quantitative estimate of drug-likeness (QED) is 0.751. The Hall–Kier alpha value is -2.24. The van der Waals surface area contributed by atoms with Crippen LogP contribution in [0.3, 0.4) is 0 Å². The molecule has 0 saturated heterocycles. The molecule has 0 saturated carbocycles. The van der Waals surface area contributed by atoms with Gasteiger partial charge in [-0.3, -0.25) is 4.57 Å². The zero-order chi connectivity index (χ0) is 10.7. The maximum atomic E-state index is 11.7. The van der Waals surface area contributed by atoms with E-state index in [2.05, 4.69) is 15.0 Å². The molecule has 0 radical (unpaired) electrons. The van der Waals surface area contributed by atoms with Crippen molar-refractivity contribution >= 4 is 23.2 Å². The number of allylic oxidation sites excluding steroid dienone is 2. The van der Waals surface area contributed by atoms with E-state index in [1.165, 1.54) is 24.8 Å². The van der Waals surface area contributed by atoms with Crippen molar-refractivity contribution in [2.24, 2.45) is 0 Å². The molecule has 2 heterocycles. The zero-order valence-electron chi connectivity index (χ0n) is 7.71. The lowest BCUT2D eigenvalue weighted by molar-refractivity contribution is 0.721. The Morgan fingerprint density at radius 3 is 2.93 bits per heavy atom. The highest BCUT2D eigenvalue weighted by Gasteiger charge is 2.04. The lowest BCUT2D eigenvalue weighted by atomic mass is 10.5. The summed E-state index contributed by atoms with van der Waals surface area (Å²) in [4.78, 5) is 11.9. The standard InChI is InChI=1S/C9H8FN5/c10-3-1-2-4-15-6-14-7-8(11)12-5-13-9(7)15/h1-6H,(H2,11,12,13). The first kappa shape index (κ1) is 9.32. The summed E-state index contributed by atoms with van der Waals surface area (Å²) in [7, 11) is 0. The Morgan fingerprint density at radius 1 is 1.27 bits per heavy atom. The van der Waals surface area contributed by atoms with Crippen LogP contribution in [0.25, 0.3) is 17.4 Å². The van der Waals surface area contributed by atoms with Gasteiger partial charge >= 0.3 is 0 Å². The van der Waals surface area contributed by atoms with E-state index in [-0.39, 0.29) is 0 Å². The van der Waals surface area contributed by atoms with Crippen LogP contribution in [0.4, 0.5) is 10.2 Å². The van der Waals surface area contributed by atoms with Gasteiger partial charge < -0.3 is 5.73 Å². The van der Waals surface area contributed by atoms with E-state index < -0.39 is 0 Å². The molecule has 0 atom stereocenters. The monoisotopic (exact) mass is 205 g/mol. The average Bonchev–Trinajstić information content (AvgIpc) is 2.64. The molecule has 0 aliphatic carbocycles. The number of hydrogen-bond acceptors (Lipinski definition) is 4. The second-order valence-electron chi connectivity index (χ2n) is 2.74. The van der Waals surface area contributed by atoms with Crippen molar-refractivity contribution in [3.05, 3.63) is 31.1 Å². The van der Waals surface area contributed by atoms with Crippen LogP contribution >= 0.6 is 0 Å². The number of imidazole rings is 1. The summed E-state index contributed by atoms with van der Waals surface area (Å²) in [5.74, 6) is 0.327. The minimum atomic E-state index is 0.327. The molecule has 0 aliphatic heterocycles. The highest BCUT2D eigenvalue weighted by Crippen LogP contribution is 2.13. The maximum Gasteiger partial charge on any atom is 0.169 e. The van der Waals surface area contributed by atoms with Crippen LogP contribution in [-0.4, -0.2) is 19.5 Å². The number of halogens is 1. The first-order valence-electron chi connectivity index (χ1n) is 4.19. The van der Waals surface area contributed by atoms with Crippen LogP contribution < -0.4 is 5.73 Å². The number of aromatic nitrogens is 4. The molecule has 2 aromatic heterocycles. The molecule has 5 nitrogen and oxygen atoms in total. The van der Waals surface area contributed by atoms with Gasteiger partial charge in [0.05, 0.1) is 6.33 Å². The van der Waals surface area contributed by atoms with Gasteiger partial charge in [0.1, 0.15) is 12.7 Å². The molecule has 2 N–H and O–H groups in total. The van der Waals surface area contributed by atoms with Gasteiger partial charge in [-0.1, -0.05) is 0 Å². The summed E-state index contributed by atoms with van der Waals surface area (Å²) in [5, 5.41) is 0. The van der Waals surface area contributed by atoms with E-state index in [9.17, 15) is 4.39 Å². The SMILES string of the molecule is Nc1ncnc2c1ncn2C=CC=CF. The molecule has 0 bridgehead atoms. The van der Waals surface area contributed by atoms with Crippen molar-refractivity contribution in [2.75, 3.05) is 5.73 Å². The van der Waals surface area contributed by atoms with Gasteiger partial charge in [-0.15, -0.1) is 0 Å². The number of nitrogens with zero attached hydrogens (tertiary/aromatic N) is 4. The molecule has 76 valence electrons. The molecule has 15 heavy (non-hydrogen) atoms. The maximum absolute atomic E-state index is 11.7. The first-order valence-corrected chi connectivity index (χ1v) is 4.19. The van der Waals surface area contributed by atoms with Gasteiger partial charge in [0.25, 0.3) is 0 Å². The highest BCUT2D eigenvalue weighted by atomic mass is 19.1. The van der Waals surface area contributed by atoms with E-state index in [0.717, 1.165) is 0 Å². The van der Waals surface area contributed by atoms with Crippen LogP contribution in [0, 0.1) is 0 Å². The molecule has 0 fully saturated rings. The summed E-state index contributed by atoms with van der Waals surface area (Å²) < 4.78 is 13.3. The van der Waals surface area contributed by atoms with Gasteiger partial charge in [0.15, 0.2) is 17.0 Å². The fourth-order valence-electron chi connectivity index (χ4n) is 1.16. The van der Waals surface area contributed by atoms with E-state index in [0.29, 0.717) is 23.3 Å². The molecule has 2 aromatic rings. The number of hydrogen-bond donors (Lipinski definition) is 1. The Kier molecular flexibility index (Phi) is 2.40. The van der Waals surface area contributed by atoms with Crippen molar-refractivity contribution in [1.29, 1.82) is 0 Å². The fourth-order valence-corrected chi connectivity index (χ4v) is 1.16. The Labute approximate surface area is 84.8 Å². The summed E-state index contributed by atoms with van der Waals surface area (Å²) >= 11 is 0. The van der Waals surface area contributed by atoms with Crippen molar-refractivity contribution in [1.82, 2.24) is 19.5 Å². The van der Waals surface area contributed by atoms with Gasteiger partial charge in [-0.25, -0.2) is 19.3 Å². The lowest BCUT2D eigenvalue weighted by Crippen LogP contribution is -1.93. The number of anilines is 1. The minimum absolute atomic E-state index is 0.327. The smallest absolute Gasteiger partial charge is 0.169 e. The number of nitrogen functional groups attached to an aromatic ring is 1. The Balaban J connectivity index is 2.50. The van der Waals surface area contributed by atoms with Crippen molar-refractivity contribution in [2.45, 2.75) is 0 Å². The normalized spacial score (nSPS) is 12.1. The van der Waals surface area contributed by atoms with Crippen LogP contribution in [-0.2, 0) is 0 Å².